The van der Waals surface area contributed by atoms with Gasteiger partial charge in [0.2, 0.25) is 5.88 Å². The summed E-state index contributed by atoms with van der Waals surface area (Å²) < 4.78 is 11.8. The maximum absolute atomic E-state index is 5.83. The van der Waals surface area contributed by atoms with Crippen LogP contribution < -0.4 is 14.8 Å². The van der Waals surface area contributed by atoms with Crippen molar-refractivity contribution >= 4 is 33.5 Å². The SMILES string of the molecule is CCNc1cc(Oc2ccc(OC)cc2Br)nc(SC)n1. The molecule has 2 aromatic rings. The lowest BCUT2D eigenvalue weighted by Crippen LogP contribution is -2.02. The molecule has 0 aliphatic carbocycles. The summed E-state index contributed by atoms with van der Waals surface area (Å²) >= 11 is 4.93. The Morgan fingerprint density at radius 2 is 2.10 bits per heavy atom. The Balaban J connectivity index is 2.27. The molecule has 0 aliphatic heterocycles. The van der Waals surface area contributed by atoms with Gasteiger partial charge in [-0.05, 0) is 47.3 Å². The third kappa shape index (κ3) is 4.25. The van der Waals surface area contributed by atoms with Crippen LogP contribution in [0.4, 0.5) is 5.82 Å². The molecule has 1 aromatic carbocycles. The van der Waals surface area contributed by atoms with E-state index in [1.165, 1.54) is 11.8 Å². The first kappa shape index (κ1) is 15.9. The molecule has 21 heavy (non-hydrogen) atoms. The van der Waals surface area contributed by atoms with Gasteiger partial charge in [0.1, 0.15) is 17.3 Å². The fourth-order valence-electron chi connectivity index (χ4n) is 1.62. The molecule has 0 aliphatic rings. The topological polar surface area (TPSA) is 56.3 Å². The molecule has 0 unspecified atom stereocenters. The predicted molar refractivity (Wildman–Crippen MR) is 88.7 cm³/mol. The first-order chi connectivity index (χ1) is 10.2. The van der Waals surface area contributed by atoms with E-state index in [1.54, 1.807) is 13.2 Å². The molecule has 0 radical (unpaired) electrons. The summed E-state index contributed by atoms with van der Waals surface area (Å²) in [6, 6.07) is 7.29. The van der Waals surface area contributed by atoms with Crippen molar-refractivity contribution in [3.63, 3.8) is 0 Å². The molecule has 0 saturated carbocycles. The molecular weight excluding hydrogens is 354 g/mol. The number of hydrogen-bond acceptors (Lipinski definition) is 6. The highest BCUT2D eigenvalue weighted by Crippen LogP contribution is 2.33. The predicted octanol–water partition coefficient (Wildman–Crippen LogP) is 4.19. The van der Waals surface area contributed by atoms with E-state index >= 15 is 0 Å². The van der Waals surface area contributed by atoms with Gasteiger partial charge in [0, 0.05) is 12.6 Å². The van der Waals surface area contributed by atoms with Crippen LogP contribution in [0, 0.1) is 0 Å². The van der Waals surface area contributed by atoms with Gasteiger partial charge in [-0.2, -0.15) is 4.98 Å². The number of benzene rings is 1. The summed E-state index contributed by atoms with van der Waals surface area (Å²) in [7, 11) is 1.63. The summed E-state index contributed by atoms with van der Waals surface area (Å²) in [6.07, 6.45) is 1.93. The summed E-state index contributed by atoms with van der Waals surface area (Å²) in [5.41, 5.74) is 0. The van der Waals surface area contributed by atoms with Gasteiger partial charge in [-0.3, -0.25) is 0 Å². The minimum atomic E-state index is 0.496. The van der Waals surface area contributed by atoms with Gasteiger partial charge < -0.3 is 14.8 Å². The zero-order valence-corrected chi connectivity index (χ0v) is 14.4. The summed E-state index contributed by atoms with van der Waals surface area (Å²) in [6.45, 7) is 2.80. The zero-order chi connectivity index (χ0) is 15.2. The smallest absolute Gasteiger partial charge is 0.225 e. The molecule has 0 saturated heterocycles. The number of aromatic nitrogens is 2. The second kappa shape index (κ2) is 7.51. The number of hydrogen-bond donors (Lipinski definition) is 1. The second-order valence-corrected chi connectivity index (χ2v) is 5.63. The number of halogens is 1. The molecule has 1 aromatic heterocycles. The second-order valence-electron chi connectivity index (χ2n) is 4.01. The van der Waals surface area contributed by atoms with Crippen molar-refractivity contribution in [1.82, 2.24) is 9.97 Å². The molecule has 1 N–H and O–H groups in total. The van der Waals surface area contributed by atoms with Crippen molar-refractivity contribution in [2.45, 2.75) is 12.1 Å². The minimum Gasteiger partial charge on any atom is -0.497 e. The van der Waals surface area contributed by atoms with Gasteiger partial charge in [0.15, 0.2) is 5.16 Å². The van der Waals surface area contributed by atoms with E-state index in [0.717, 1.165) is 22.6 Å². The molecule has 5 nitrogen and oxygen atoms in total. The third-order valence-electron chi connectivity index (χ3n) is 2.58. The van der Waals surface area contributed by atoms with Gasteiger partial charge in [-0.25, -0.2) is 4.98 Å². The van der Waals surface area contributed by atoms with E-state index in [9.17, 15) is 0 Å². The highest BCUT2D eigenvalue weighted by Gasteiger charge is 2.09. The summed E-state index contributed by atoms with van der Waals surface area (Å²) in [5, 5.41) is 3.83. The largest absolute Gasteiger partial charge is 0.497 e. The Morgan fingerprint density at radius 3 is 2.71 bits per heavy atom. The van der Waals surface area contributed by atoms with E-state index in [1.807, 2.05) is 31.4 Å². The zero-order valence-electron chi connectivity index (χ0n) is 12.0. The van der Waals surface area contributed by atoms with Crippen molar-refractivity contribution in [2.75, 3.05) is 25.2 Å². The van der Waals surface area contributed by atoms with Gasteiger partial charge in [0.25, 0.3) is 0 Å². The Labute approximate surface area is 136 Å². The molecule has 7 heteroatoms. The maximum Gasteiger partial charge on any atom is 0.225 e. The van der Waals surface area contributed by atoms with Crippen LogP contribution >= 0.6 is 27.7 Å². The first-order valence-electron chi connectivity index (χ1n) is 6.34. The highest BCUT2D eigenvalue weighted by atomic mass is 79.9. The molecule has 0 spiro atoms. The molecule has 2 rings (SSSR count). The molecule has 112 valence electrons. The fraction of sp³-hybridized carbons (Fsp3) is 0.286. The van der Waals surface area contributed by atoms with Crippen LogP contribution in [-0.4, -0.2) is 29.9 Å². The lowest BCUT2D eigenvalue weighted by atomic mass is 10.3. The van der Waals surface area contributed by atoms with Crippen LogP contribution in [0.15, 0.2) is 33.9 Å². The van der Waals surface area contributed by atoms with Crippen LogP contribution in [0.3, 0.4) is 0 Å². The minimum absolute atomic E-state index is 0.496. The first-order valence-corrected chi connectivity index (χ1v) is 8.36. The summed E-state index contributed by atoms with van der Waals surface area (Å²) in [4.78, 5) is 8.71. The Morgan fingerprint density at radius 1 is 1.29 bits per heavy atom. The van der Waals surface area contributed by atoms with E-state index in [2.05, 4.69) is 31.2 Å². The Bertz CT molecular complexity index is 625. The van der Waals surface area contributed by atoms with Crippen molar-refractivity contribution < 1.29 is 9.47 Å². The normalized spacial score (nSPS) is 10.3. The van der Waals surface area contributed by atoms with Gasteiger partial charge >= 0.3 is 0 Å². The Kier molecular flexibility index (Phi) is 5.69. The lowest BCUT2D eigenvalue weighted by molar-refractivity contribution is 0.411. The number of methoxy groups -OCH3 is 1. The van der Waals surface area contributed by atoms with Gasteiger partial charge in [0.05, 0.1) is 11.6 Å². The van der Waals surface area contributed by atoms with Crippen LogP contribution in [0.1, 0.15) is 6.92 Å². The van der Waals surface area contributed by atoms with Crippen LogP contribution in [0.2, 0.25) is 0 Å². The molecule has 0 amide bonds. The van der Waals surface area contributed by atoms with Crippen molar-refractivity contribution in [3.8, 4) is 17.4 Å². The van der Waals surface area contributed by atoms with Crippen molar-refractivity contribution in [3.05, 3.63) is 28.7 Å². The van der Waals surface area contributed by atoms with Gasteiger partial charge in [-0.1, -0.05) is 11.8 Å². The van der Waals surface area contributed by atoms with E-state index in [-0.39, 0.29) is 0 Å². The number of nitrogens with zero attached hydrogens (tertiary/aromatic N) is 2. The third-order valence-corrected chi connectivity index (χ3v) is 3.74. The number of rotatable bonds is 6. The van der Waals surface area contributed by atoms with E-state index in [4.69, 9.17) is 9.47 Å². The average molecular weight is 370 g/mol. The standard InChI is InChI=1S/C14H16BrN3O2S/c1-4-16-12-8-13(18-14(17-12)21-3)20-11-6-5-9(19-2)7-10(11)15/h5-8H,4H2,1-3H3,(H,16,17,18). The maximum atomic E-state index is 5.83. The molecule has 1 heterocycles. The number of ether oxygens (including phenoxy) is 2. The van der Waals surface area contributed by atoms with Crippen LogP contribution in [-0.2, 0) is 0 Å². The quantitative estimate of drug-likeness (QED) is 0.608. The fourth-order valence-corrected chi connectivity index (χ4v) is 2.43. The van der Waals surface area contributed by atoms with E-state index < -0.39 is 0 Å². The highest BCUT2D eigenvalue weighted by molar-refractivity contribution is 9.10. The molecule has 0 fully saturated rings. The van der Waals surface area contributed by atoms with E-state index in [0.29, 0.717) is 16.8 Å². The van der Waals surface area contributed by atoms with Crippen molar-refractivity contribution in [2.24, 2.45) is 0 Å². The lowest BCUT2D eigenvalue weighted by Gasteiger charge is -2.10. The number of anilines is 1. The monoisotopic (exact) mass is 369 g/mol. The molecule has 0 bridgehead atoms. The van der Waals surface area contributed by atoms with Crippen LogP contribution in [0.25, 0.3) is 0 Å². The van der Waals surface area contributed by atoms with Crippen LogP contribution in [0.5, 0.6) is 17.4 Å². The van der Waals surface area contributed by atoms with Crippen molar-refractivity contribution in [1.29, 1.82) is 0 Å². The Hall–Kier alpha value is -1.47. The number of thioether (sulfide) groups is 1. The molecular formula is C14H16BrN3O2S. The number of nitrogens with one attached hydrogen (secondary N) is 1. The average Bonchev–Trinajstić information content (AvgIpc) is 2.49. The molecule has 0 atom stereocenters. The van der Waals surface area contributed by atoms with Gasteiger partial charge in [-0.15, -0.1) is 0 Å². The summed E-state index contributed by atoms with van der Waals surface area (Å²) in [5.74, 6) is 2.67.